The molecule has 2 N–H and O–H groups in total. The Kier molecular flexibility index (Phi) is 5.01. The quantitative estimate of drug-likeness (QED) is 0.714. The predicted octanol–water partition coefficient (Wildman–Crippen LogP) is 3.99. The Bertz CT molecular complexity index is 1130. The predicted molar refractivity (Wildman–Crippen MR) is 121 cm³/mol. The molecular formula is C25H26FN3O3. The van der Waals surface area contributed by atoms with E-state index in [1.807, 2.05) is 38.3 Å². The third-order valence-electron chi connectivity index (χ3n) is 6.52. The number of pyridine rings is 1. The van der Waals surface area contributed by atoms with Gasteiger partial charge in [-0.25, -0.2) is 9.37 Å². The van der Waals surface area contributed by atoms with E-state index < -0.39 is 11.4 Å². The van der Waals surface area contributed by atoms with Crippen LogP contribution in [0, 0.1) is 11.7 Å². The molecule has 5 rings (SSSR count). The van der Waals surface area contributed by atoms with Crippen LogP contribution in [0.2, 0.25) is 0 Å². The summed E-state index contributed by atoms with van der Waals surface area (Å²) in [6, 6.07) is 8.27. The van der Waals surface area contributed by atoms with Gasteiger partial charge in [0.1, 0.15) is 23.0 Å². The number of benzene rings is 1. The number of rotatable bonds is 3. The number of hydrogen-bond donors (Lipinski definition) is 2. The van der Waals surface area contributed by atoms with Gasteiger partial charge in [0.25, 0.3) is 5.91 Å². The summed E-state index contributed by atoms with van der Waals surface area (Å²) in [7, 11) is 0. The summed E-state index contributed by atoms with van der Waals surface area (Å²) in [4.78, 5) is 19.5. The molecule has 3 aliphatic rings. The summed E-state index contributed by atoms with van der Waals surface area (Å²) < 4.78 is 20.0. The van der Waals surface area contributed by atoms with Crippen molar-refractivity contribution in [2.45, 2.75) is 32.3 Å². The van der Waals surface area contributed by atoms with Gasteiger partial charge in [0.15, 0.2) is 0 Å². The van der Waals surface area contributed by atoms with Crippen molar-refractivity contribution in [1.29, 1.82) is 0 Å². The number of nitrogens with one attached hydrogen (secondary N) is 1. The molecule has 0 spiro atoms. The zero-order valence-corrected chi connectivity index (χ0v) is 18.2. The van der Waals surface area contributed by atoms with Crippen molar-refractivity contribution >= 4 is 28.6 Å². The highest BCUT2D eigenvalue weighted by molar-refractivity contribution is 6.32. The van der Waals surface area contributed by atoms with E-state index in [1.54, 1.807) is 6.07 Å². The lowest BCUT2D eigenvalue weighted by Gasteiger charge is -2.32. The van der Waals surface area contributed by atoms with E-state index >= 15 is 0 Å². The van der Waals surface area contributed by atoms with Gasteiger partial charge < -0.3 is 20.1 Å². The van der Waals surface area contributed by atoms with E-state index in [-0.39, 0.29) is 12.5 Å². The molecule has 0 aliphatic carbocycles. The highest BCUT2D eigenvalue weighted by Gasteiger charge is 2.38. The van der Waals surface area contributed by atoms with Crippen LogP contribution in [0.15, 0.2) is 48.4 Å². The molecule has 0 bridgehead atoms. The monoisotopic (exact) mass is 435 g/mol. The first-order valence-electron chi connectivity index (χ1n) is 10.9. The van der Waals surface area contributed by atoms with E-state index in [9.17, 15) is 14.3 Å². The van der Waals surface area contributed by atoms with Gasteiger partial charge in [-0.05, 0) is 69.0 Å². The number of carbonyl (C=O) groups is 1. The number of nitrogens with zero attached hydrogens (tertiary/aromatic N) is 2. The molecule has 1 saturated heterocycles. The minimum atomic E-state index is -0.665. The molecule has 1 aromatic carbocycles. The minimum absolute atomic E-state index is 0.246. The largest absolute Gasteiger partial charge is 0.482 e. The number of aromatic nitrogens is 1. The summed E-state index contributed by atoms with van der Waals surface area (Å²) in [5.74, 6) is 1.03. The molecule has 1 amide bonds. The Morgan fingerprint density at radius 2 is 2.03 bits per heavy atom. The van der Waals surface area contributed by atoms with E-state index in [2.05, 4.69) is 15.2 Å². The number of ether oxygens (including phenoxy) is 1. The fraction of sp³-hybridized carbons (Fsp3) is 0.360. The molecule has 166 valence electrons. The maximum absolute atomic E-state index is 13.8. The molecule has 0 saturated carbocycles. The van der Waals surface area contributed by atoms with Gasteiger partial charge in [0.05, 0.1) is 5.57 Å². The number of halogens is 1. The first kappa shape index (κ1) is 20.7. The lowest BCUT2D eigenvalue weighted by molar-refractivity contribution is -0.111. The summed E-state index contributed by atoms with van der Waals surface area (Å²) in [5, 5.41) is 12.1. The molecular weight excluding hydrogens is 409 g/mol. The van der Waals surface area contributed by atoms with Crippen molar-refractivity contribution in [2.24, 2.45) is 5.92 Å². The lowest BCUT2D eigenvalue weighted by atomic mass is 9.93. The van der Waals surface area contributed by atoms with Gasteiger partial charge in [0, 0.05) is 48.3 Å². The fourth-order valence-corrected chi connectivity index (χ4v) is 4.68. The van der Waals surface area contributed by atoms with Gasteiger partial charge in [0.2, 0.25) is 0 Å². The zero-order chi connectivity index (χ0) is 22.5. The second-order valence-corrected chi connectivity index (χ2v) is 9.07. The number of piperidine rings is 1. The molecule has 3 aliphatic heterocycles. The van der Waals surface area contributed by atoms with Crippen LogP contribution in [0.5, 0.6) is 0 Å². The zero-order valence-electron chi connectivity index (χ0n) is 18.2. The maximum atomic E-state index is 13.8. The normalized spacial score (nSPS) is 22.4. The highest BCUT2D eigenvalue weighted by atomic mass is 19.1. The van der Waals surface area contributed by atoms with Crippen molar-refractivity contribution in [3.05, 3.63) is 65.3 Å². The lowest BCUT2D eigenvalue weighted by Crippen LogP contribution is -2.35. The Labute approximate surface area is 186 Å². The van der Waals surface area contributed by atoms with Crippen LogP contribution < -0.4 is 10.2 Å². The molecule has 7 heteroatoms. The van der Waals surface area contributed by atoms with Crippen LogP contribution in [0.3, 0.4) is 0 Å². The molecule has 32 heavy (non-hydrogen) atoms. The number of aliphatic hydroxyl groups is 1. The molecule has 4 heterocycles. The fourth-order valence-electron chi connectivity index (χ4n) is 4.68. The van der Waals surface area contributed by atoms with E-state index in [4.69, 9.17) is 4.74 Å². The van der Waals surface area contributed by atoms with E-state index in [0.29, 0.717) is 28.5 Å². The number of anilines is 2. The second kappa shape index (κ2) is 7.74. The number of fused-ring (bicyclic) bond motifs is 1. The Balaban J connectivity index is 1.45. The third kappa shape index (κ3) is 3.56. The highest BCUT2D eigenvalue weighted by Crippen LogP contribution is 2.44. The number of carbonyl (C=O) groups excluding carboxylic acids is 1. The molecule has 0 radical (unpaired) electrons. The first-order chi connectivity index (χ1) is 15.4. The summed E-state index contributed by atoms with van der Waals surface area (Å²) >= 11 is 0. The third-order valence-corrected chi connectivity index (χ3v) is 6.52. The second-order valence-electron chi connectivity index (χ2n) is 9.07. The van der Waals surface area contributed by atoms with Crippen LogP contribution in [-0.2, 0) is 9.53 Å². The van der Waals surface area contributed by atoms with Crippen LogP contribution in [-0.4, -0.2) is 41.3 Å². The smallest absolute Gasteiger partial charge is 0.260 e. The topological polar surface area (TPSA) is 74.7 Å². The summed E-state index contributed by atoms with van der Waals surface area (Å²) in [5.41, 5.74) is 2.60. The van der Waals surface area contributed by atoms with E-state index in [0.717, 1.165) is 42.9 Å². The average Bonchev–Trinajstić information content (AvgIpc) is 3.28. The maximum Gasteiger partial charge on any atom is 0.260 e. The van der Waals surface area contributed by atoms with Crippen LogP contribution in [0.1, 0.15) is 37.8 Å². The molecule has 1 fully saturated rings. The first-order valence-corrected chi connectivity index (χ1v) is 10.9. The summed E-state index contributed by atoms with van der Waals surface area (Å²) in [6.45, 7) is 5.90. The van der Waals surface area contributed by atoms with E-state index in [1.165, 1.54) is 12.1 Å². The number of hydrogen-bond acceptors (Lipinski definition) is 5. The molecule has 1 aromatic heterocycles. The average molecular weight is 435 g/mol. The number of allylic oxidation sites excluding steroid dienone is 1. The summed E-state index contributed by atoms with van der Waals surface area (Å²) in [6.07, 6.45) is 5.62. The van der Waals surface area contributed by atoms with Crippen molar-refractivity contribution < 1.29 is 19.0 Å². The molecule has 6 nitrogen and oxygen atoms in total. The Morgan fingerprint density at radius 3 is 2.72 bits per heavy atom. The van der Waals surface area contributed by atoms with Crippen molar-refractivity contribution in [1.82, 2.24) is 4.98 Å². The van der Waals surface area contributed by atoms with Crippen LogP contribution >= 0.6 is 0 Å². The van der Waals surface area contributed by atoms with Crippen LogP contribution in [0.25, 0.3) is 11.1 Å². The molecule has 0 unspecified atom stereocenters. The van der Waals surface area contributed by atoms with Crippen LogP contribution in [0.4, 0.5) is 15.9 Å². The van der Waals surface area contributed by atoms with Gasteiger partial charge in [-0.1, -0.05) is 0 Å². The molecule has 2 aromatic rings. The Hall–Kier alpha value is -3.19. The SMILES string of the molecule is CC1(C)O/C(=C2/C(=O)Nc3ccc(F)cc32)C=C1c1ccc(N2CCC(CO)CC2)nc1. The number of aliphatic hydroxyl groups excluding tert-OH is 1. The Morgan fingerprint density at radius 1 is 1.25 bits per heavy atom. The van der Waals surface area contributed by atoms with Crippen molar-refractivity contribution in [3.63, 3.8) is 0 Å². The number of amides is 1. The van der Waals surface area contributed by atoms with Gasteiger partial charge in [-0.15, -0.1) is 0 Å². The van der Waals surface area contributed by atoms with Gasteiger partial charge in [-0.3, -0.25) is 4.79 Å². The van der Waals surface area contributed by atoms with Crippen molar-refractivity contribution in [2.75, 3.05) is 29.9 Å². The minimum Gasteiger partial charge on any atom is -0.482 e. The molecule has 0 atom stereocenters. The van der Waals surface area contributed by atoms with Gasteiger partial charge >= 0.3 is 0 Å². The van der Waals surface area contributed by atoms with Gasteiger partial charge in [-0.2, -0.15) is 0 Å². The standard InChI is InChI=1S/C25H26FN3O3/c1-25(2)19(16-3-6-22(27-13-16)29-9-7-15(14-30)8-10-29)12-21(32-25)23-18-11-17(26)4-5-20(18)28-24(23)31/h3-6,11-13,15,30H,7-10,14H2,1-2H3,(H,28,31)/b23-21+. The van der Waals surface area contributed by atoms with Crippen molar-refractivity contribution in [3.8, 4) is 0 Å².